The summed E-state index contributed by atoms with van der Waals surface area (Å²) in [6, 6.07) is 16.0. The van der Waals surface area contributed by atoms with Crippen molar-refractivity contribution in [1.29, 1.82) is 0 Å². The molecular weight excluding hydrogens is 302 g/mol. The molecule has 0 aliphatic carbocycles. The van der Waals surface area contributed by atoms with Crippen LogP contribution in [0.2, 0.25) is 0 Å². The summed E-state index contributed by atoms with van der Waals surface area (Å²) in [5, 5.41) is 8.94. The summed E-state index contributed by atoms with van der Waals surface area (Å²) in [5.41, 5.74) is 1.91. The lowest BCUT2D eigenvalue weighted by Gasteiger charge is -2.23. The van der Waals surface area contributed by atoms with E-state index in [1.807, 2.05) is 37.9 Å². The second-order valence-corrected chi connectivity index (χ2v) is 6.09. The molecule has 0 unspecified atom stereocenters. The SMILES string of the molecule is Cc1cc(NC(=O)[C@@H](C)N(C)Cc2ccc3ccccc3c2)on1. The Hall–Kier alpha value is -2.66. The molecule has 0 bridgehead atoms. The van der Waals surface area contributed by atoms with Crippen molar-refractivity contribution < 1.29 is 9.32 Å². The van der Waals surface area contributed by atoms with Gasteiger partial charge >= 0.3 is 0 Å². The van der Waals surface area contributed by atoms with Gasteiger partial charge in [0.1, 0.15) is 0 Å². The van der Waals surface area contributed by atoms with E-state index in [4.69, 9.17) is 4.52 Å². The molecule has 0 radical (unpaired) electrons. The first-order valence-electron chi connectivity index (χ1n) is 7.95. The van der Waals surface area contributed by atoms with Crippen LogP contribution >= 0.6 is 0 Å². The number of likely N-dealkylation sites (N-methyl/N-ethyl adjacent to an activating group) is 1. The number of carbonyl (C=O) groups excluding carboxylic acids is 1. The number of rotatable bonds is 5. The maximum Gasteiger partial charge on any atom is 0.243 e. The molecule has 2 aromatic carbocycles. The van der Waals surface area contributed by atoms with Crippen LogP contribution in [0.15, 0.2) is 53.1 Å². The molecular formula is C19H21N3O2. The number of benzene rings is 2. The van der Waals surface area contributed by atoms with E-state index in [1.165, 1.54) is 16.3 Å². The maximum absolute atomic E-state index is 12.3. The number of carbonyl (C=O) groups is 1. The summed E-state index contributed by atoms with van der Waals surface area (Å²) in [7, 11) is 1.94. The number of hydrogen-bond donors (Lipinski definition) is 1. The average molecular weight is 323 g/mol. The van der Waals surface area contributed by atoms with Gasteiger partial charge < -0.3 is 4.52 Å². The van der Waals surface area contributed by atoms with E-state index < -0.39 is 0 Å². The molecule has 0 spiro atoms. The predicted molar refractivity (Wildman–Crippen MR) is 94.7 cm³/mol. The summed E-state index contributed by atoms with van der Waals surface area (Å²) < 4.78 is 5.03. The fourth-order valence-electron chi connectivity index (χ4n) is 2.61. The Balaban J connectivity index is 1.65. The number of nitrogens with zero attached hydrogens (tertiary/aromatic N) is 2. The summed E-state index contributed by atoms with van der Waals surface area (Å²) in [4.78, 5) is 14.3. The van der Waals surface area contributed by atoms with Crippen LogP contribution in [-0.2, 0) is 11.3 Å². The molecule has 1 atom stereocenters. The van der Waals surface area contributed by atoms with E-state index in [2.05, 4.69) is 40.8 Å². The van der Waals surface area contributed by atoms with Crippen LogP contribution in [0.1, 0.15) is 18.2 Å². The lowest BCUT2D eigenvalue weighted by atomic mass is 10.1. The first-order chi connectivity index (χ1) is 11.5. The van der Waals surface area contributed by atoms with Crippen molar-refractivity contribution in [2.45, 2.75) is 26.4 Å². The van der Waals surface area contributed by atoms with Gasteiger partial charge in [-0.1, -0.05) is 41.6 Å². The first kappa shape index (κ1) is 16.2. The summed E-state index contributed by atoms with van der Waals surface area (Å²) >= 11 is 0. The summed E-state index contributed by atoms with van der Waals surface area (Å²) in [6.45, 7) is 4.38. The number of amides is 1. The zero-order valence-corrected chi connectivity index (χ0v) is 14.1. The minimum atomic E-state index is -0.290. The lowest BCUT2D eigenvalue weighted by Crippen LogP contribution is -2.39. The fourth-order valence-corrected chi connectivity index (χ4v) is 2.61. The lowest BCUT2D eigenvalue weighted by molar-refractivity contribution is -0.120. The van der Waals surface area contributed by atoms with Crippen molar-refractivity contribution in [2.24, 2.45) is 0 Å². The zero-order chi connectivity index (χ0) is 17.1. The smallest absolute Gasteiger partial charge is 0.243 e. The average Bonchev–Trinajstić information content (AvgIpc) is 2.98. The van der Waals surface area contributed by atoms with Crippen molar-refractivity contribution >= 4 is 22.6 Å². The van der Waals surface area contributed by atoms with E-state index in [0.29, 0.717) is 12.4 Å². The van der Waals surface area contributed by atoms with Gasteiger partial charge in [-0.05, 0) is 43.3 Å². The molecule has 3 rings (SSSR count). The van der Waals surface area contributed by atoms with Crippen LogP contribution in [0.3, 0.4) is 0 Å². The Bertz CT molecular complexity index is 856. The van der Waals surface area contributed by atoms with Crippen molar-refractivity contribution in [3.05, 3.63) is 59.8 Å². The standard InChI is InChI=1S/C19H21N3O2/c1-13-10-18(24-21-13)20-19(23)14(2)22(3)12-15-8-9-16-6-4-5-7-17(16)11-15/h4-11,14H,12H2,1-3H3,(H,20,23)/t14-/m1/s1. The second-order valence-electron chi connectivity index (χ2n) is 6.09. The quantitative estimate of drug-likeness (QED) is 0.779. The molecule has 1 aromatic heterocycles. The first-order valence-corrected chi connectivity index (χ1v) is 7.95. The number of aromatic nitrogens is 1. The number of hydrogen-bond acceptors (Lipinski definition) is 4. The Morgan fingerprint density at radius 2 is 1.96 bits per heavy atom. The Kier molecular flexibility index (Phi) is 4.62. The third kappa shape index (κ3) is 3.63. The van der Waals surface area contributed by atoms with Crippen molar-refractivity contribution in [2.75, 3.05) is 12.4 Å². The van der Waals surface area contributed by atoms with Crippen LogP contribution < -0.4 is 5.32 Å². The molecule has 24 heavy (non-hydrogen) atoms. The largest absolute Gasteiger partial charge is 0.338 e. The molecule has 5 nitrogen and oxygen atoms in total. The van der Waals surface area contributed by atoms with Crippen LogP contribution in [-0.4, -0.2) is 29.1 Å². The van der Waals surface area contributed by atoms with Gasteiger partial charge in [0.2, 0.25) is 11.8 Å². The van der Waals surface area contributed by atoms with Gasteiger partial charge in [-0.2, -0.15) is 0 Å². The van der Waals surface area contributed by atoms with Crippen molar-refractivity contribution in [3.63, 3.8) is 0 Å². The normalized spacial score (nSPS) is 12.5. The number of aryl methyl sites for hydroxylation is 1. The highest BCUT2D eigenvalue weighted by molar-refractivity contribution is 5.93. The predicted octanol–water partition coefficient (Wildman–Crippen LogP) is 3.60. The number of anilines is 1. The third-order valence-corrected chi connectivity index (χ3v) is 4.16. The molecule has 1 N–H and O–H groups in total. The monoisotopic (exact) mass is 323 g/mol. The molecule has 0 aliphatic rings. The molecule has 0 saturated carbocycles. The molecule has 1 amide bonds. The molecule has 1 heterocycles. The van der Waals surface area contributed by atoms with Crippen LogP contribution in [0.25, 0.3) is 10.8 Å². The molecule has 124 valence electrons. The Morgan fingerprint density at radius 1 is 1.21 bits per heavy atom. The van der Waals surface area contributed by atoms with Crippen LogP contribution in [0.4, 0.5) is 5.88 Å². The summed E-state index contributed by atoms with van der Waals surface area (Å²) in [5.74, 6) is 0.262. The van der Waals surface area contributed by atoms with E-state index >= 15 is 0 Å². The third-order valence-electron chi connectivity index (χ3n) is 4.16. The van der Waals surface area contributed by atoms with Crippen molar-refractivity contribution in [3.8, 4) is 0 Å². The van der Waals surface area contributed by atoms with Crippen LogP contribution in [0, 0.1) is 6.92 Å². The Morgan fingerprint density at radius 3 is 2.67 bits per heavy atom. The van der Waals surface area contributed by atoms with Gasteiger partial charge in [0.25, 0.3) is 0 Å². The van der Waals surface area contributed by atoms with E-state index in [0.717, 1.165) is 5.69 Å². The number of nitrogens with one attached hydrogen (secondary N) is 1. The topological polar surface area (TPSA) is 58.4 Å². The molecule has 0 fully saturated rings. The molecule has 3 aromatic rings. The zero-order valence-electron chi connectivity index (χ0n) is 14.1. The number of fused-ring (bicyclic) bond motifs is 1. The van der Waals surface area contributed by atoms with Crippen LogP contribution in [0.5, 0.6) is 0 Å². The van der Waals surface area contributed by atoms with Gasteiger partial charge in [0.05, 0.1) is 11.7 Å². The van der Waals surface area contributed by atoms with E-state index in [1.54, 1.807) is 6.07 Å². The van der Waals surface area contributed by atoms with Crippen molar-refractivity contribution in [1.82, 2.24) is 10.1 Å². The van der Waals surface area contributed by atoms with E-state index in [9.17, 15) is 4.79 Å². The molecule has 5 heteroatoms. The van der Waals surface area contributed by atoms with E-state index in [-0.39, 0.29) is 11.9 Å². The molecule has 0 aliphatic heterocycles. The van der Waals surface area contributed by atoms with Gasteiger partial charge in [-0.3, -0.25) is 15.0 Å². The fraction of sp³-hybridized carbons (Fsp3) is 0.263. The summed E-state index contributed by atoms with van der Waals surface area (Å²) in [6.07, 6.45) is 0. The van der Waals surface area contributed by atoms with Gasteiger partial charge in [0.15, 0.2) is 0 Å². The maximum atomic E-state index is 12.3. The van der Waals surface area contributed by atoms with Gasteiger partial charge in [-0.15, -0.1) is 0 Å². The minimum absolute atomic E-state index is 0.116. The highest BCUT2D eigenvalue weighted by Gasteiger charge is 2.19. The highest BCUT2D eigenvalue weighted by atomic mass is 16.5. The second kappa shape index (κ2) is 6.84. The molecule has 0 saturated heterocycles. The van der Waals surface area contributed by atoms with Gasteiger partial charge in [0, 0.05) is 12.6 Å². The highest BCUT2D eigenvalue weighted by Crippen LogP contribution is 2.17. The van der Waals surface area contributed by atoms with Gasteiger partial charge in [-0.25, -0.2) is 0 Å². The Labute approximate surface area is 141 Å². The minimum Gasteiger partial charge on any atom is -0.338 e.